The van der Waals surface area contributed by atoms with E-state index in [1.54, 1.807) is 19.1 Å². The number of imide groups is 1. The first-order chi connectivity index (χ1) is 12.4. The molecular weight excluding hydrogens is 330 g/mol. The minimum absolute atomic E-state index is 0.253. The third-order valence-electron chi connectivity index (χ3n) is 5.06. The maximum atomic E-state index is 12.8. The second-order valence-electron chi connectivity index (χ2n) is 7.03. The summed E-state index contributed by atoms with van der Waals surface area (Å²) in [6.45, 7) is 6.24. The lowest BCUT2D eigenvalue weighted by atomic mass is 9.92. The normalized spacial score (nSPS) is 20.8. The van der Waals surface area contributed by atoms with Gasteiger partial charge in [0.15, 0.2) is 0 Å². The van der Waals surface area contributed by atoms with E-state index in [0.717, 1.165) is 30.6 Å². The van der Waals surface area contributed by atoms with Crippen molar-refractivity contribution in [1.82, 2.24) is 15.5 Å². The van der Waals surface area contributed by atoms with Crippen molar-refractivity contribution in [2.75, 3.05) is 13.1 Å². The van der Waals surface area contributed by atoms with E-state index in [9.17, 15) is 14.4 Å². The Hall–Kier alpha value is -2.37. The average molecular weight is 359 g/mol. The molecule has 6 nitrogen and oxygen atoms in total. The molecule has 1 aromatic rings. The summed E-state index contributed by atoms with van der Waals surface area (Å²) in [4.78, 5) is 38.3. The molecule has 1 fully saturated rings. The van der Waals surface area contributed by atoms with Crippen LogP contribution in [0.15, 0.2) is 30.3 Å². The van der Waals surface area contributed by atoms with Crippen molar-refractivity contribution in [2.45, 2.75) is 52.0 Å². The van der Waals surface area contributed by atoms with Crippen molar-refractivity contribution in [2.24, 2.45) is 5.92 Å². The van der Waals surface area contributed by atoms with Gasteiger partial charge >= 0.3 is 6.03 Å². The van der Waals surface area contributed by atoms with Crippen molar-refractivity contribution < 1.29 is 14.4 Å². The number of unbranched alkanes of at least 4 members (excludes halogenated alkanes) is 1. The fraction of sp³-hybridized carbons (Fsp3) is 0.550. The van der Waals surface area contributed by atoms with Crippen LogP contribution in [-0.4, -0.2) is 35.8 Å². The highest BCUT2D eigenvalue weighted by Crippen LogP contribution is 2.28. The summed E-state index contributed by atoms with van der Waals surface area (Å²) in [7, 11) is 0. The van der Waals surface area contributed by atoms with Crippen LogP contribution in [0.25, 0.3) is 0 Å². The summed E-state index contributed by atoms with van der Waals surface area (Å²) < 4.78 is 0. The molecule has 142 valence electrons. The number of nitrogens with zero attached hydrogens (tertiary/aromatic N) is 1. The third kappa shape index (κ3) is 4.42. The predicted octanol–water partition coefficient (Wildman–Crippen LogP) is 2.79. The van der Waals surface area contributed by atoms with Gasteiger partial charge in [-0.2, -0.15) is 0 Å². The zero-order valence-corrected chi connectivity index (χ0v) is 15.9. The van der Waals surface area contributed by atoms with Gasteiger partial charge in [0.05, 0.1) is 0 Å². The molecule has 2 N–H and O–H groups in total. The van der Waals surface area contributed by atoms with Crippen LogP contribution < -0.4 is 10.6 Å². The van der Waals surface area contributed by atoms with E-state index in [1.807, 2.05) is 18.2 Å². The van der Waals surface area contributed by atoms with Crippen LogP contribution in [0.1, 0.15) is 52.0 Å². The quantitative estimate of drug-likeness (QED) is 0.666. The summed E-state index contributed by atoms with van der Waals surface area (Å²) in [6, 6.07) is 8.53. The molecule has 1 saturated heterocycles. The largest absolute Gasteiger partial charge is 0.354 e. The summed E-state index contributed by atoms with van der Waals surface area (Å²) in [6.07, 6.45) is 4.33. The standard InChI is InChI=1S/C20H29N3O3/c1-4-6-10-15(5-2)13-21-17(24)14-23-18(25)20(3,22-19(23)26)16-11-8-7-9-12-16/h7-9,11-12,15H,4-6,10,13-14H2,1-3H3,(H,21,24)(H,22,26). The molecule has 1 aliphatic heterocycles. The highest BCUT2D eigenvalue weighted by atomic mass is 16.2. The Morgan fingerprint density at radius 2 is 1.92 bits per heavy atom. The van der Waals surface area contributed by atoms with Gasteiger partial charge in [-0.15, -0.1) is 0 Å². The molecule has 6 heteroatoms. The Morgan fingerprint density at radius 1 is 1.23 bits per heavy atom. The lowest BCUT2D eigenvalue weighted by Crippen LogP contribution is -2.44. The van der Waals surface area contributed by atoms with Gasteiger partial charge in [-0.05, 0) is 24.8 Å². The molecule has 2 rings (SSSR count). The molecule has 0 aliphatic carbocycles. The van der Waals surface area contributed by atoms with Crippen molar-refractivity contribution >= 4 is 17.8 Å². The maximum Gasteiger partial charge on any atom is 0.325 e. The van der Waals surface area contributed by atoms with Gasteiger partial charge in [-0.1, -0.05) is 63.4 Å². The Balaban J connectivity index is 1.96. The van der Waals surface area contributed by atoms with Crippen LogP contribution in [0.3, 0.4) is 0 Å². The minimum Gasteiger partial charge on any atom is -0.354 e. The van der Waals surface area contributed by atoms with E-state index in [0.29, 0.717) is 18.0 Å². The molecule has 1 heterocycles. The van der Waals surface area contributed by atoms with E-state index in [1.165, 1.54) is 0 Å². The first-order valence-electron chi connectivity index (χ1n) is 9.38. The molecule has 2 unspecified atom stereocenters. The molecule has 1 aliphatic rings. The third-order valence-corrected chi connectivity index (χ3v) is 5.06. The van der Waals surface area contributed by atoms with E-state index in [-0.39, 0.29) is 12.5 Å². The second kappa shape index (κ2) is 8.83. The summed E-state index contributed by atoms with van der Waals surface area (Å²) in [5.41, 5.74) is -0.432. The number of benzene rings is 1. The van der Waals surface area contributed by atoms with Gasteiger partial charge in [0, 0.05) is 6.54 Å². The average Bonchev–Trinajstić information content (AvgIpc) is 2.87. The highest BCUT2D eigenvalue weighted by Gasteiger charge is 2.49. The summed E-state index contributed by atoms with van der Waals surface area (Å²) >= 11 is 0. The topological polar surface area (TPSA) is 78.5 Å². The molecular formula is C20H29N3O3. The van der Waals surface area contributed by atoms with E-state index >= 15 is 0 Å². The van der Waals surface area contributed by atoms with Gasteiger partial charge in [0.1, 0.15) is 12.1 Å². The van der Waals surface area contributed by atoms with Crippen LogP contribution in [-0.2, 0) is 15.1 Å². The smallest absolute Gasteiger partial charge is 0.325 e. The maximum absolute atomic E-state index is 12.8. The zero-order valence-electron chi connectivity index (χ0n) is 15.9. The van der Waals surface area contributed by atoms with Crippen molar-refractivity contribution in [3.63, 3.8) is 0 Å². The zero-order chi connectivity index (χ0) is 19.2. The number of carbonyl (C=O) groups excluding carboxylic acids is 3. The first-order valence-corrected chi connectivity index (χ1v) is 9.38. The second-order valence-corrected chi connectivity index (χ2v) is 7.03. The van der Waals surface area contributed by atoms with Gasteiger partial charge in [0.2, 0.25) is 5.91 Å². The van der Waals surface area contributed by atoms with Crippen LogP contribution in [0, 0.1) is 5.92 Å². The number of nitrogens with one attached hydrogen (secondary N) is 2. The van der Waals surface area contributed by atoms with Gasteiger partial charge in [-0.25, -0.2) is 4.79 Å². The highest BCUT2D eigenvalue weighted by molar-refractivity contribution is 6.09. The lowest BCUT2D eigenvalue weighted by Gasteiger charge is -2.22. The van der Waals surface area contributed by atoms with E-state index in [4.69, 9.17) is 0 Å². The first kappa shape index (κ1) is 19.9. The molecule has 2 atom stereocenters. The molecule has 0 aromatic heterocycles. The Bertz CT molecular complexity index is 647. The molecule has 26 heavy (non-hydrogen) atoms. The van der Waals surface area contributed by atoms with Crippen molar-refractivity contribution in [3.8, 4) is 0 Å². The van der Waals surface area contributed by atoms with Crippen LogP contribution in [0.4, 0.5) is 4.79 Å². The van der Waals surface area contributed by atoms with Crippen LogP contribution in [0.5, 0.6) is 0 Å². The van der Waals surface area contributed by atoms with Crippen LogP contribution in [0.2, 0.25) is 0 Å². The molecule has 0 bridgehead atoms. The minimum atomic E-state index is -1.13. The lowest BCUT2D eigenvalue weighted by molar-refractivity contribution is -0.134. The summed E-state index contributed by atoms with van der Waals surface area (Å²) in [5, 5.41) is 5.58. The Morgan fingerprint density at radius 3 is 2.54 bits per heavy atom. The fourth-order valence-electron chi connectivity index (χ4n) is 3.21. The Labute approximate surface area is 155 Å². The van der Waals surface area contributed by atoms with E-state index < -0.39 is 17.5 Å². The molecule has 0 radical (unpaired) electrons. The van der Waals surface area contributed by atoms with Gasteiger partial charge in [0.25, 0.3) is 5.91 Å². The molecule has 0 spiro atoms. The molecule has 4 amide bonds. The number of hydrogen-bond acceptors (Lipinski definition) is 3. The SMILES string of the molecule is CCCCC(CC)CNC(=O)CN1C(=O)NC(C)(c2ccccc2)C1=O. The van der Waals surface area contributed by atoms with Crippen molar-refractivity contribution in [3.05, 3.63) is 35.9 Å². The van der Waals surface area contributed by atoms with Gasteiger partial charge < -0.3 is 10.6 Å². The van der Waals surface area contributed by atoms with Crippen molar-refractivity contribution in [1.29, 1.82) is 0 Å². The molecule has 0 saturated carbocycles. The van der Waals surface area contributed by atoms with Crippen LogP contribution >= 0.6 is 0 Å². The van der Waals surface area contributed by atoms with Gasteiger partial charge in [-0.3, -0.25) is 14.5 Å². The predicted molar refractivity (Wildman–Crippen MR) is 100 cm³/mol. The van der Waals surface area contributed by atoms with E-state index in [2.05, 4.69) is 24.5 Å². The Kier molecular flexibility index (Phi) is 6.77. The number of carbonyl (C=O) groups is 3. The number of urea groups is 1. The number of hydrogen-bond donors (Lipinski definition) is 2. The fourth-order valence-corrected chi connectivity index (χ4v) is 3.21. The number of amides is 4. The summed E-state index contributed by atoms with van der Waals surface area (Å²) in [5.74, 6) is -0.278. The monoisotopic (exact) mass is 359 g/mol. The number of rotatable bonds is 9. The molecule has 1 aromatic carbocycles.